The fourth-order valence-corrected chi connectivity index (χ4v) is 3.99. The molecule has 0 aliphatic heterocycles. The Bertz CT molecular complexity index is 1050. The lowest BCUT2D eigenvalue weighted by Crippen LogP contribution is -2.24. The Morgan fingerprint density at radius 1 is 1.10 bits per heavy atom. The number of rotatable bonds is 11. The second-order valence-electron chi connectivity index (χ2n) is 6.80. The van der Waals surface area contributed by atoms with Crippen molar-refractivity contribution < 1.29 is 9.53 Å². The van der Waals surface area contributed by atoms with Gasteiger partial charge in [-0.15, -0.1) is 0 Å². The number of carbonyl (C=O) groups excluding carboxylic acids is 1. The maximum atomic E-state index is 13.0. The number of hydrogen-bond donors (Lipinski definition) is 1. The number of thioether (sulfide) groups is 1. The number of aromatic nitrogens is 2. The molecule has 0 saturated heterocycles. The van der Waals surface area contributed by atoms with Crippen molar-refractivity contribution in [1.29, 1.82) is 0 Å². The van der Waals surface area contributed by atoms with Crippen molar-refractivity contribution in [3.63, 3.8) is 0 Å². The summed E-state index contributed by atoms with van der Waals surface area (Å²) in [4.78, 5) is 28.6. The zero-order chi connectivity index (χ0) is 21.3. The number of unbranched alkanes of at least 4 members (excludes halogenated alkanes) is 2. The summed E-state index contributed by atoms with van der Waals surface area (Å²) in [7, 11) is 0. The van der Waals surface area contributed by atoms with Crippen molar-refractivity contribution in [1.82, 2.24) is 9.55 Å². The van der Waals surface area contributed by atoms with Crippen LogP contribution in [-0.4, -0.2) is 27.8 Å². The number of hydrogen-bond acceptors (Lipinski definition) is 5. The molecule has 0 unspecified atom stereocenters. The van der Waals surface area contributed by atoms with E-state index in [1.54, 1.807) is 22.8 Å². The van der Waals surface area contributed by atoms with Gasteiger partial charge < -0.3 is 10.5 Å². The molecule has 1 amide bonds. The first-order valence-corrected chi connectivity index (χ1v) is 11.2. The number of halogens is 1. The van der Waals surface area contributed by atoms with Gasteiger partial charge >= 0.3 is 0 Å². The van der Waals surface area contributed by atoms with Crippen LogP contribution in [0.4, 0.5) is 0 Å². The summed E-state index contributed by atoms with van der Waals surface area (Å²) < 4.78 is 7.46. The Morgan fingerprint density at radius 2 is 1.87 bits per heavy atom. The van der Waals surface area contributed by atoms with E-state index in [1.807, 2.05) is 30.3 Å². The van der Waals surface area contributed by atoms with Gasteiger partial charge in [0.2, 0.25) is 5.91 Å². The highest BCUT2D eigenvalue weighted by Gasteiger charge is 2.11. The molecule has 8 heteroatoms. The Labute approximate surface area is 184 Å². The number of benzene rings is 2. The lowest BCUT2D eigenvalue weighted by atomic mass is 10.2. The van der Waals surface area contributed by atoms with E-state index >= 15 is 0 Å². The van der Waals surface area contributed by atoms with Crippen LogP contribution >= 0.6 is 23.4 Å². The molecule has 0 saturated carbocycles. The molecule has 0 aliphatic carbocycles. The second-order valence-corrected chi connectivity index (χ2v) is 8.29. The highest BCUT2D eigenvalue weighted by atomic mass is 35.5. The van der Waals surface area contributed by atoms with Gasteiger partial charge in [0, 0.05) is 23.7 Å². The maximum absolute atomic E-state index is 13.0. The number of carbonyl (C=O) groups is 1. The van der Waals surface area contributed by atoms with Crippen molar-refractivity contribution in [3.8, 4) is 5.75 Å². The van der Waals surface area contributed by atoms with Crippen molar-refractivity contribution in [2.24, 2.45) is 5.73 Å². The number of primary amides is 1. The van der Waals surface area contributed by atoms with Crippen molar-refractivity contribution in [2.75, 3.05) is 12.4 Å². The van der Waals surface area contributed by atoms with Gasteiger partial charge in [0.05, 0.1) is 17.5 Å². The maximum Gasteiger partial charge on any atom is 0.262 e. The smallest absolute Gasteiger partial charge is 0.262 e. The van der Waals surface area contributed by atoms with Gasteiger partial charge in [0.25, 0.3) is 5.56 Å². The summed E-state index contributed by atoms with van der Waals surface area (Å²) in [5, 5.41) is 1.95. The fraction of sp³-hybridized carbons (Fsp3) is 0.318. The van der Waals surface area contributed by atoms with Crippen molar-refractivity contribution in [2.45, 2.75) is 37.4 Å². The van der Waals surface area contributed by atoms with E-state index in [4.69, 9.17) is 27.1 Å². The van der Waals surface area contributed by atoms with E-state index in [0.717, 1.165) is 25.0 Å². The summed E-state index contributed by atoms with van der Waals surface area (Å²) in [5.41, 5.74) is 5.83. The van der Waals surface area contributed by atoms with Crippen LogP contribution in [0, 0.1) is 0 Å². The zero-order valence-corrected chi connectivity index (χ0v) is 18.1. The van der Waals surface area contributed by atoms with Gasteiger partial charge in [-0.05, 0) is 49.2 Å². The first-order chi connectivity index (χ1) is 14.5. The number of nitrogens with zero attached hydrogens (tertiary/aromatic N) is 2. The van der Waals surface area contributed by atoms with Crippen LogP contribution < -0.4 is 16.0 Å². The molecular weight excluding hydrogens is 422 g/mol. The highest BCUT2D eigenvalue weighted by molar-refractivity contribution is 7.99. The molecule has 1 aromatic heterocycles. The largest absolute Gasteiger partial charge is 0.493 e. The third kappa shape index (κ3) is 6.24. The summed E-state index contributed by atoms with van der Waals surface area (Å²) in [5.74, 6) is 1.10. The van der Waals surface area contributed by atoms with Crippen LogP contribution in [0.3, 0.4) is 0 Å². The molecule has 0 aliphatic rings. The lowest BCUT2D eigenvalue weighted by molar-refractivity contribution is -0.118. The SMILES string of the molecule is NC(=O)CCCCCn1c(SCCOc2ccc(Cl)cc2)nc2ccccc2c1=O. The molecule has 0 atom stereocenters. The molecule has 0 fully saturated rings. The third-order valence-corrected chi connectivity index (χ3v) is 5.72. The number of para-hydroxylation sites is 1. The molecule has 2 N–H and O–H groups in total. The summed E-state index contributed by atoms with van der Waals surface area (Å²) in [6.45, 7) is 1.03. The Balaban J connectivity index is 1.66. The van der Waals surface area contributed by atoms with Crippen LogP contribution in [0.25, 0.3) is 10.9 Å². The number of amides is 1. The van der Waals surface area contributed by atoms with Crippen LogP contribution in [0.15, 0.2) is 58.5 Å². The van der Waals surface area contributed by atoms with E-state index < -0.39 is 0 Å². The van der Waals surface area contributed by atoms with Gasteiger partial charge in [-0.2, -0.15) is 0 Å². The van der Waals surface area contributed by atoms with E-state index in [9.17, 15) is 9.59 Å². The number of ether oxygens (including phenoxy) is 1. The molecule has 3 aromatic rings. The van der Waals surface area contributed by atoms with Gasteiger partial charge in [0.15, 0.2) is 5.16 Å². The third-order valence-electron chi connectivity index (χ3n) is 4.53. The fourth-order valence-electron chi connectivity index (χ4n) is 3.02. The Kier molecular flexibility index (Phi) is 8.16. The standard InChI is InChI=1S/C22H24ClN3O3S/c23-16-9-11-17(12-10-16)29-14-15-30-22-25-19-7-4-3-6-18(19)21(28)26(22)13-5-1-2-8-20(24)27/h3-4,6-7,9-12H,1-2,5,8,13-15H2,(H2,24,27). The molecule has 0 spiro atoms. The lowest BCUT2D eigenvalue weighted by Gasteiger charge is -2.13. The van der Waals surface area contributed by atoms with E-state index in [0.29, 0.717) is 46.4 Å². The van der Waals surface area contributed by atoms with Crippen LogP contribution in [0.5, 0.6) is 5.75 Å². The topological polar surface area (TPSA) is 87.2 Å². The molecule has 0 radical (unpaired) electrons. The number of nitrogens with two attached hydrogens (primary N) is 1. The molecule has 1 heterocycles. The Morgan fingerprint density at radius 3 is 2.63 bits per heavy atom. The molecular formula is C22H24ClN3O3S. The average Bonchev–Trinajstić information content (AvgIpc) is 2.74. The van der Waals surface area contributed by atoms with Crippen molar-refractivity contribution in [3.05, 3.63) is 63.9 Å². The van der Waals surface area contributed by atoms with Gasteiger partial charge in [-0.25, -0.2) is 4.98 Å². The molecule has 2 aromatic carbocycles. The molecule has 6 nitrogen and oxygen atoms in total. The highest BCUT2D eigenvalue weighted by Crippen LogP contribution is 2.20. The minimum Gasteiger partial charge on any atom is -0.493 e. The van der Waals surface area contributed by atoms with Gasteiger partial charge in [-0.3, -0.25) is 14.2 Å². The number of fused-ring (bicyclic) bond motifs is 1. The predicted octanol–water partition coefficient (Wildman–Crippen LogP) is 4.27. The normalized spacial score (nSPS) is 11.0. The molecule has 30 heavy (non-hydrogen) atoms. The first kappa shape index (κ1) is 22.2. The zero-order valence-electron chi connectivity index (χ0n) is 16.6. The van der Waals surface area contributed by atoms with Crippen molar-refractivity contribution >= 4 is 40.2 Å². The Hall–Kier alpha value is -2.51. The first-order valence-electron chi connectivity index (χ1n) is 9.83. The van der Waals surface area contributed by atoms with Crippen LogP contribution in [0.1, 0.15) is 25.7 Å². The summed E-state index contributed by atoms with van der Waals surface area (Å²) >= 11 is 7.38. The molecule has 0 bridgehead atoms. The van der Waals surface area contributed by atoms with E-state index in [-0.39, 0.29) is 11.5 Å². The van der Waals surface area contributed by atoms with E-state index in [1.165, 1.54) is 11.8 Å². The minimum absolute atomic E-state index is 0.0448. The minimum atomic E-state index is -0.295. The van der Waals surface area contributed by atoms with Crippen LogP contribution in [-0.2, 0) is 11.3 Å². The van der Waals surface area contributed by atoms with Gasteiger partial charge in [0.1, 0.15) is 5.75 Å². The van der Waals surface area contributed by atoms with Gasteiger partial charge in [-0.1, -0.05) is 41.9 Å². The monoisotopic (exact) mass is 445 g/mol. The predicted molar refractivity (Wildman–Crippen MR) is 121 cm³/mol. The van der Waals surface area contributed by atoms with E-state index in [2.05, 4.69) is 0 Å². The summed E-state index contributed by atoms with van der Waals surface area (Å²) in [6, 6.07) is 14.6. The molecule has 158 valence electrons. The molecule has 3 rings (SSSR count). The van der Waals surface area contributed by atoms with Crippen LogP contribution in [0.2, 0.25) is 5.02 Å². The summed E-state index contributed by atoms with van der Waals surface area (Å²) in [6.07, 6.45) is 2.70. The quantitative estimate of drug-likeness (QED) is 0.270. The second kappa shape index (κ2) is 11.0. The average molecular weight is 446 g/mol.